The van der Waals surface area contributed by atoms with Crippen LogP contribution < -0.4 is 0 Å². The summed E-state index contributed by atoms with van der Waals surface area (Å²) in [6.07, 6.45) is 0.345. The zero-order valence-corrected chi connectivity index (χ0v) is 14.8. The summed E-state index contributed by atoms with van der Waals surface area (Å²) in [5.74, 6) is 0.0921. The highest BCUT2D eigenvalue weighted by Crippen LogP contribution is 2.25. The van der Waals surface area contributed by atoms with Crippen LogP contribution in [0.4, 0.5) is 0 Å². The number of Topliss-reactive ketones (excluding diaryl/α,β-unsaturated/α-hetero) is 1. The number of halogens is 2. The molecule has 1 aromatic heterocycles. The second-order valence-electron chi connectivity index (χ2n) is 4.30. The number of benzene rings is 2. The number of nitrogens with zero attached hydrogens (tertiary/aromatic N) is 1. The summed E-state index contributed by atoms with van der Waals surface area (Å²) in [6, 6.07) is 13.7. The van der Waals surface area contributed by atoms with Crippen molar-refractivity contribution in [1.82, 2.24) is 4.98 Å². The van der Waals surface area contributed by atoms with Crippen LogP contribution in [0.2, 0.25) is 0 Å². The first-order valence-corrected chi connectivity index (χ1v) is 8.65. The third kappa shape index (κ3) is 2.94. The maximum absolute atomic E-state index is 12.4. The molecule has 0 spiro atoms. The molecule has 0 N–H and O–H groups in total. The Balaban J connectivity index is 1.90. The Morgan fingerprint density at radius 2 is 2.05 bits per heavy atom. The normalized spacial score (nSPS) is 10.9. The van der Waals surface area contributed by atoms with E-state index in [4.69, 9.17) is 0 Å². The molecule has 0 saturated carbocycles. The molecule has 20 heavy (non-hydrogen) atoms. The average Bonchev–Trinajstić information content (AvgIpc) is 2.83. The van der Waals surface area contributed by atoms with Gasteiger partial charge in [0.2, 0.25) is 0 Å². The quantitative estimate of drug-likeness (QED) is 0.405. The van der Waals surface area contributed by atoms with Crippen molar-refractivity contribution < 1.29 is 4.79 Å². The molecular formula is C15H9BrINOS. The Bertz CT molecular complexity index is 766. The van der Waals surface area contributed by atoms with Crippen molar-refractivity contribution in [2.24, 2.45) is 0 Å². The summed E-state index contributed by atoms with van der Waals surface area (Å²) in [6.45, 7) is 0. The van der Waals surface area contributed by atoms with Gasteiger partial charge in [0.25, 0.3) is 0 Å². The lowest BCUT2D eigenvalue weighted by molar-refractivity contribution is 0.0992. The highest BCUT2D eigenvalue weighted by atomic mass is 127. The van der Waals surface area contributed by atoms with E-state index in [0.717, 1.165) is 28.8 Å². The fourth-order valence-corrected chi connectivity index (χ4v) is 3.86. The molecule has 0 unspecified atom stereocenters. The highest BCUT2D eigenvalue weighted by Gasteiger charge is 2.14. The van der Waals surface area contributed by atoms with Crippen LogP contribution in [-0.4, -0.2) is 10.8 Å². The van der Waals surface area contributed by atoms with Crippen LogP contribution in [0.25, 0.3) is 10.2 Å². The molecule has 5 heteroatoms. The van der Waals surface area contributed by atoms with Gasteiger partial charge in [-0.3, -0.25) is 4.79 Å². The molecule has 0 atom stereocenters. The maximum Gasteiger partial charge on any atom is 0.170 e. The number of aromatic nitrogens is 1. The number of fused-ring (bicyclic) bond motifs is 1. The molecule has 2 nitrogen and oxygen atoms in total. The number of hydrogen-bond donors (Lipinski definition) is 0. The van der Waals surface area contributed by atoms with Crippen molar-refractivity contribution >= 4 is 65.9 Å². The third-order valence-corrected chi connectivity index (χ3v) is 5.28. The van der Waals surface area contributed by atoms with Gasteiger partial charge in [-0.15, -0.1) is 11.3 Å². The van der Waals surface area contributed by atoms with Gasteiger partial charge in [0.05, 0.1) is 16.6 Å². The molecule has 0 fully saturated rings. The largest absolute Gasteiger partial charge is 0.294 e. The van der Waals surface area contributed by atoms with E-state index in [0.29, 0.717) is 6.42 Å². The molecule has 1 heterocycles. The molecule has 0 bridgehead atoms. The molecule has 0 radical (unpaired) electrons. The molecule has 3 aromatic rings. The molecular weight excluding hydrogens is 449 g/mol. The third-order valence-electron chi connectivity index (χ3n) is 2.88. The van der Waals surface area contributed by atoms with Gasteiger partial charge in [0.1, 0.15) is 5.01 Å². The number of hydrogen-bond acceptors (Lipinski definition) is 3. The van der Waals surface area contributed by atoms with E-state index < -0.39 is 0 Å². The van der Waals surface area contributed by atoms with Crippen LogP contribution in [0.1, 0.15) is 15.4 Å². The van der Waals surface area contributed by atoms with Crippen LogP contribution in [-0.2, 0) is 6.42 Å². The second kappa shape index (κ2) is 5.91. The fourth-order valence-electron chi connectivity index (χ4n) is 1.94. The van der Waals surface area contributed by atoms with Crippen molar-refractivity contribution in [1.29, 1.82) is 0 Å². The Morgan fingerprint density at radius 3 is 2.85 bits per heavy atom. The van der Waals surface area contributed by atoms with Gasteiger partial charge in [-0.2, -0.15) is 0 Å². The molecule has 0 aliphatic heterocycles. The van der Waals surface area contributed by atoms with Crippen molar-refractivity contribution in [3.05, 3.63) is 61.1 Å². The van der Waals surface area contributed by atoms with E-state index in [1.54, 1.807) is 11.3 Å². The monoisotopic (exact) mass is 457 g/mol. The first kappa shape index (κ1) is 14.2. The zero-order valence-electron chi connectivity index (χ0n) is 10.3. The van der Waals surface area contributed by atoms with E-state index in [-0.39, 0.29) is 5.78 Å². The topological polar surface area (TPSA) is 30.0 Å². The molecule has 0 aliphatic carbocycles. The number of para-hydroxylation sites is 1. The Morgan fingerprint density at radius 1 is 1.25 bits per heavy atom. The molecule has 100 valence electrons. The molecule has 0 saturated heterocycles. The summed E-state index contributed by atoms with van der Waals surface area (Å²) in [4.78, 5) is 16.9. The number of rotatable bonds is 3. The van der Waals surface area contributed by atoms with Crippen molar-refractivity contribution in [3.63, 3.8) is 0 Å². The minimum absolute atomic E-state index is 0.0921. The minimum atomic E-state index is 0.0921. The lowest BCUT2D eigenvalue weighted by atomic mass is 10.1. The van der Waals surface area contributed by atoms with Crippen molar-refractivity contribution in [3.8, 4) is 0 Å². The van der Waals surface area contributed by atoms with Crippen molar-refractivity contribution in [2.45, 2.75) is 6.42 Å². The van der Waals surface area contributed by atoms with Crippen LogP contribution in [0.15, 0.2) is 46.9 Å². The molecule has 0 aliphatic rings. The second-order valence-corrected chi connectivity index (χ2v) is 7.51. The fraction of sp³-hybridized carbons (Fsp3) is 0.0667. The van der Waals surface area contributed by atoms with Gasteiger partial charge in [0, 0.05) is 13.6 Å². The summed E-state index contributed by atoms with van der Waals surface area (Å²) in [5, 5.41) is 0.863. The van der Waals surface area contributed by atoms with Crippen molar-refractivity contribution in [2.75, 3.05) is 0 Å². The van der Waals surface area contributed by atoms with Gasteiger partial charge in [-0.1, -0.05) is 28.1 Å². The van der Waals surface area contributed by atoms with E-state index >= 15 is 0 Å². The van der Waals surface area contributed by atoms with Gasteiger partial charge in [-0.25, -0.2) is 4.98 Å². The molecule has 2 aromatic carbocycles. The van der Waals surface area contributed by atoms with Gasteiger partial charge in [0.15, 0.2) is 5.78 Å². The number of thiazole rings is 1. The predicted molar refractivity (Wildman–Crippen MR) is 94.5 cm³/mol. The lowest BCUT2D eigenvalue weighted by Gasteiger charge is -2.03. The van der Waals surface area contributed by atoms with Crippen LogP contribution in [0, 0.1) is 3.57 Å². The van der Waals surface area contributed by atoms with E-state index in [9.17, 15) is 4.79 Å². The van der Waals surface area contributed by atoms with Gasteiger partial charge in [-0.05, 0) is 52.9 Å². The van der Waals surface area contributed by atoms with Crippen LogP contribution in [0.5, 0.6) is 0 Å². The predicted octanol–water partition coefficient (Wildman–Crippen LogP) is 5.09. The lowest BCUT2D eigenvalue weighted by Crippen LogP contribution is -2.04. The van der Waals surface area contributed by atoms with E-state index in [1.807, 2.05) is 42.5 Å². The Labute approximate surface area is 142 Å². The highest BCUT2D eigenvalue weighted by molar-refractivity contribution is 14.1. The smallest absolute Gasteiger partial charge is 0.170 e. The Hall–Kier alpha value is -0.790. The maximum atomic E-state index is 12.4. The molecule has 0 amide bonds. The van der Waals surface area contributed by atoms with E-state index in [1.165, 1.54) is 0 Å². The van der Waals surface area contributed by atoms with Crippen LogP contribution in [0.3, 0.4) is 0 Å². The summed E-state index contributed by atoms with van der Waals surface area (Å²) < 4.78 is 3.01. The summed E-state index contributed by atoms with van der Waals surface area (Å²) >= 11 is 7.23. The summed E-state index contributed by atoms with van der Waals surface area (Å²) in [5.41, 5.74) is 1.68. The van der Waals surface area contributed by atoms with E-state index in [2.05, 4.69) is 43.5 Å². The zero-order chi connectivity index (χ0) is 14.1. The van der Waals surface area contributed by atoms with Crippen LogP contribution >= 0.6 is 49.9 Å². The standard InChI is InChI=1S/C15H9BrINOS/c16-11-6-5-9(17)7-10(11)13(19)8-15-18-12-3-1-2-4-14(12)20-15/h1-7H,8H2. The number of carbonyl (C=O) groups is 1. The molecule has 3 rings (SSSR count). The first-order valence-electron chi connectivity index (χ1n) is 5.96. The van der Waals surface area contributed by atoms with Gasteiger partial charge < -0.3 is 0 Å². The minimum Gasteiger partial charge on any atom is -0.294 e. The number of carbonyl (C=O) groups excluding carboxylic acids is 1. The SMILES string of the molecule is O=C(Cc1nc2ccccc2s1)c1cc(I)ccc1Br. The average molecular weight is 458 g/mol. The van der Waals surface area contributed by atoms with Gasteiger partial charge >= 0.3 is 0 Å². The Kier molecular flexibility index (Phi) is 4.18. The first-order chi connectivity index (χ1) is 9.63. The number of ketones is 1. The summed E-state index contributed by atoms with van der Waals surface area (Å²) in [7, 11) is 0.